The molecule has 68 heavy (non-hydrogen) atoms. The molecule has 0 amide bonds. The largest absolute Gasteiger partial charge is 0.507 e. The first-order valence-electron chi connectivity index (χ1n) is 21.2. The lowest BCUT2D eigenvalue weighted by molar-refractivity contribution is -0.132. The van der Waals surface area contributed by atoms with Gasteiger partial charge in [-0.05, 0) is 91.6 Å². The predicted octanol–water partition coefficient (Wildman–Crippen LogP) is 15.8. The van der Waals surface area contributed by atoms with Crippen LogP contribution in [0.4, 0.5) is 0 Å². The molecule has 0 atom stereocenters. The zero-order chi connectivity index (χ0) is 48.1. The summed E-state index contributed by atoms with van der Waals surface area (Å²) in [4.78, 5) is 42.0. The van der Waals surface area contributed by atoms with Crippen LogP contribution in [0, 0.1) is 0 Å². The second-order valence-corrected chi connectivity index (χ2v) is 15.5. The molecule has 0 aliphatic carbocycles. The van der Waals surface area contributed by atoms with Crippen molar-refractivity contribution >= 4 is 23.3 Å². The van der Waals surface area contributed by atoms with E-state index in [1.165, 1.54) is 19.4 Å². The number of carbonyl (C=O) groups is 4. The quantitative estimate of drug-likeness (QED) is 0.0820. The molecular formula is C60H84O8. The molecular weight excluding hydrogens is 849 g/mol. The fraction of sp³-hybridized carbons (Fsp3) is 0.333. The summed E-state index contributed by atoms with van der Waals surface area (Å²) in [5.74, 6) is 2.32. The van der Waals surface area contributed by atoms with Gasteiger partial charge in [-0.3, -0.25) is 9.59 Å². The van der Waals surface area contributed by atoms with Crippen LogP contribution >= 0.6 is 0 Å². The number of esters is 1. The van der Waals surface area contributed by atoms with Crippen molar-refractivity contribution in [2.45, 2.75) is 123 Å². The van der Waals surface area contributed by atoms with Gasteiger partial charge in [0.25, 0.3) is 0 Å². The summed E-state index contributed by atoms with van der Waals surface area (Å²) in [5, 5.41) is 10.0. The number of ketones is 3. The Morgan fingerprint density at radius 2 is 0.691 bits per heavy atom. The molecule has 8 heteroatoms. The van der Waals surface area contributed by atoms with Crippen LogP contribution in [0.25, 0.3) is 0 Å². The van der Waals surface area contributed by atoms with Crippen LogP contribution in [-0.4, -0.2) is 42.6 Å². The van der Waals surface area contributed by atoms with Crippen LogP contribution in [0.15, 0.2) is 164 Å². The monoisotopic (exact) mass is 933 g/mol. The smallest absolute Gasteiger partial charge is 0.308 e. The average Bonchev–Trinajstić information content (AvgIpc) is 3.31. The first-order chi connectivity index (χ1) is 30.3. The van der Waals surface area contributed by atoms with Crippen molar-refractivity contribution in [3.8, 4) is 23.0 Å². The summed E-state index contributed by atoms with van der Waals surface area (Å²) in [7, 11) is 3.30. The van der Waals surface area contributed by atoms with Crippen LogP contribution in [0.5, 0.6) is 23.0 Å². The highest BCUT2D eigenvalue weighted by atomic mass is 16.5. The molecule has 0 saturated carbocycles. The van der Waals surface area contributed by atoms with Gasteiger partial charge in [-0.1, -0.05) is 187 Å². The van der Waals surface area contributed by atoms with E-state index in [2.05, 4.69) is 39.8 Å². The van der Waals surface area contributed by atoms with Crippen molar-refractivity contribution in [1.29, 1.82) is 0 Å². The highest BCUT2D eigenvalue weighted by molar-refractivity contribution is 5.96. The van der Waals surface area contributed by atoms with Gasteiger partial charge in [0, 0.05) is 30.6 Å². The van der Waals surface area contributed by atoms with Gasteiger partial charge < -0.3 is 28.9 Å². The summed E-state index contributed by atoms with van der Waals surface area (Å²) < 4.78 is 15.4. The first kappa shape index (κ1) is 67.8. The van der Waals surface area contributed by atoms with E-state index in [9.17, 15) is 24.3 Å². The van der Waals surface area contributed by atoms with E-state index >= 15 is 0 Å². The maximum Gasteiger partial charge on any atom is 0.308 e. The normalized spacial score (nSPS) is 9.41. The molecule has 0 aliphatic heterocycles. The minimum absolute atomic E-state index is 0. The van der Waals surface area contributed by atoms with Gasteiger partial charge >= 0.3 is 5.97 Å². The third kappa shape index (κ3) is 25.8. The first-order valence-corrected chi connectivity index (χ1v) is 21.2. The van der Waals surface area contributed by atoms with E-state index < -0.39 is 0 Å². The lowest BCUT2D eigenvalue weighted by atomic mass is 9.77. The Morgan fingerprint density at radius 1 is 0.441 bits per heavy atom. The maximum atomic E-state index is 11.4. The summed E-state index contributed by atoms with van der Waals surface area (Å²) in [6, 6.07) is 52.8. The molecule has 0 bridgehead atoms. The van der Waals surface area contributed by atoms with Crippen LogP contribution in [0.1, 0.15) is 144 Å². The number of phenolic OH excluding ortho intramolecular Hbond substituents is 1. The number of Topliss-reactive ketones (excluding diaryl/α,β-unsaturated/α-hetero) is 3. The summed E-state index contributed by atoms with van der Waals surface area (Å²) in [5.41, 5.74) is 4.35. The number of methoxy groups -OCH3 is 2. The molecule has 0 heterocycles. The van der Waals surface area contributed by atoms with Crippen LogP contribution in [0.2, 0.25) is 0 Å². The third-order valence-corrected chi connectivity index (χ3v) is 9.89. The molecule has 6 aromatic rings. The molecule has 0 aromatic heterocycles. The second-order valence-electron chi connectivity index (χ2n) is 15.5. The summed E-state index contributed by atoms with van der Waals surface area (Å²) in [6.07, 6.45) is 1.33. The lowest BCUT2D eigenvalue weighted by Crippen LogP contribution is -2.19. The number of hydrogen-bond donors (Lipinski definition) is 1. The van der Waals surface area contributed by atoms with Crippen LogP contribution < -0.4 is 14.2 Å². The third-order valence-electron chi connectivity index (χ3n) is 9.89. The fourth-order valence-electron chi connectivity index (χ4n) is 5.44. The number of rotatable bonds is 10. The van der Waals surface area contributed by atoms with Gasteiger partial charge in [0.2, 0.25) is 0 Å². The van der Waals surface area contributed by atoms with Crippen molar-refractivity contribution < 1.29 is 38.5 Å². The Morgan fingerprint density at radius 3 is 0.912 bits per heavy atom. The minimum atomic E-state index is -0.308. The number of phenols is 1. The highest BCUT2D eigenvalue weighted by Crippen LogP contribution is 2.35. The fourth-order valence-corrected chi connectivity index (χ4v) is 5.44. The summed E-state index contributed by atoms with van der Waals surface area (Å²) >= 11 is 0. The molecule has 0 fully saturated rings. The molecule has 0 saturated heterocycles. The minimum Gasteiger partial charge on any atom is -0.507 e. The van der Waals surface area contributed by atoms with Gasteiger partial charge in [0.1, 0.15) is 34.6 Å². The van der Waals surface area contributed by atoms with Crippen molar-refractivity contribution in [3.05, 3.63) is 192 Å². The van der Waals surface area contributed by atoms with Crippen LogP contribution in [-0.2, 0) is 25.2 Å². The molecule has 1 N–H and O–H groups in total. The number of carbonyl (C=O) groups excluding carboxylic acids is 4. The van der Waals surface area contributed by atoms with E-state index in [4.69, 9.17) is 14.2 Å². The molecule has 0 aliphatic rings. The number of ether oxygens (including phenoxy) is 3. The van der Waals surface area contributed by atoms with Gasteiger partial charge in [0.05, 0.1) is 19.8 Å². The second kappa shape index (κ2) is 36.3. The van der Waals surface area contributed by atoms with E-state index in [-0.39, 0.29) is 69.6 Å². The predicted molar refractivity (Wildman–Crippen MR) is 288 cm³/mol. The van der Waals surface area contributed by atoms with Crippen molar-refractivity contribution in [3.63, 3.8) is 0 Å². The van der Waals surface area contributed by atoms with Crippen molar-refractivity contribution in [2.75, 3.05) is 14.2 Å². The van der Waals surface area contributed by atoms with Crippen molar-refractivity contribution in [1.82, 2.24) is 0 Å². The van der Waals surface area contributed by atoms with E-state index in [0.29, 0.717) is 24.2 Å². The Bertz CT molecular complexity index is 2130. The van der Waals surface area contributed by atoms with Gasteiger partial charge in [0.15, 0.2) is 5.78 Å². The van der Waals surface area contributed by atoms with Gasteiger partial charge in [-0.15, -0.1) is 0 Å². The molecule has 0 spiro atoms. The zero-order valence-electron chi connectivity index (χ0n) is 39.8. The summed E-state index contributed by atoms with van der Waals surface area (Å²) in [6.45, 7) is 18.2. The Kier molecular flexibility index (Phi) is 36.2. The van der Waals surface area contributed by atoms with Gasteiger partial charge in [-0.2, -0.15) is 0 Å². The molecule has 6 aromatic carbocycles. The average molecular weight is 933 g/mol. The maximum absolute atomic E-state index is 11.4. The molecule has 372 valence electrons. The standard InChI is InChI=1S/2C18H20O3.2C6H6.2C4H8O.4CH4/c1-13(19)21-17-11-7-15(8-12-17)18(2,3)14-5-9-16(20-4)10-6-14;1-12(19)16-10-7-14(11-17(16)20)18(2,3)13-5-8-15(21-4)9-6-13;2*1-2-4-6-5-3-1;2*1-3-4(2)5;;;;/h5-12H,1-4H3;5-11,20H,1-4H3;2*1-6H;2*3H2,1-2H3;4*1H4. The zero-order valence-corrected chi connectivity index (χ0v) is 39.8. The number of benzene rings is 6. The van der Waals surface area contributed by atoms with Gasteiger partial charge in [-0.25, -0.2) is 0 Å². The molecule has 6 rings (SSSR count). The topological polar surface area (TPSA) is 116 Å². The molecule has 0 radical (unpaired) electrons. The van der Waals surface area contributed by atoms with E-state index in [0.717, 1.165) is 28.2 Å². The molecule has 8 nitrogen and oxygen atoms in total. The SMILES string of the molecule is C.C.C.C.CCC(C)=O.CCC(C)=O.COc1ccc(C(C)(C)c2ccc(C(C)=O)c(O)c2)cc1.COc1ccc(C(C)(C)c2ccc(OC(C)=O)cc2)cc1.c1ccccc1.c1ccccc1. The lowest BCUT2D eigenvalue weighted by Gasteiger charge is -2.26. The Hall–Kier alpha value is -6.80. The van der Waals surface area contributed by atoms with Crippen molar-refractivity contribution in [2.24, 2.45) is 0 Å². The Balaban J connectivity index is -0.000000402. The van der Waals surface area contributed by atoms with E-state index in [1.54, 1.807) is 40.2 Å². The number of hydrogen-bond acceptors (Lipinski definition) is 8. The highest BCUT2D eigenvalue weighted by Gasteiger charge is 2.25. The van der Waals surface area contributed by atoms with E-state index in [1.807, 2.05) is 153 Å². The number of aromatic hydroxyl groups is 1. The Labute approximate surface area is 411 Å². The van der Waals surface area contributed by atoms with Crippen LogP contribution in [0.3, 0.4) is 0 Å². The molecule has 0 unspecified atom stereocenters.